The monoisotopic (exact) mass is 448 g/mol. The Bertz CT molecular complexity index is 1000. The first-order chi connectivity index (χ1) is 13.1. The fraction of sp³-hybridized carbons (Fsp3) is 0.600. The molecule has 4 rings (SSSR count). The van der Waals surface area contributed by atoms with Gasteiger partial charge in [-0.3, -0.25) is 4.79 Å². The number of carbonyl (C=O) groups is 1. The Labute approximate surface area is 172 Å². The van der Waals surface area contributed by atoms with Gasteiger partial charge in [0.15, 0.2) is 11.2 Å². The Morgan fingerprint density at radius 2 is 2.04 bits per heavy atom. The number of rotatable bonds is 0. The molecular formula is C20H25BrN4O3. The van der Waals surface area contributed by atoms with Crippen LogP contribution in [0.25, 0.3) is 11.2 Å². The maximum atomic E-state index is 13.3. The molecule has 7 nitrogen and oxygen atoms in total. The van der Waals surface area contributed by atoms with Gasteiger partial charge in [0.1, 0.15) is 10.2 Å². The second-order valence-electron chi connectivity index (χ2n) is 8.99. The van der Waals surface area contributed by atoms with E-state index in [-0.39, 0.29) is 22.9 Å². The van der Waals surface area contributed by atoms with Crippen LogP contribution in [0.4, 0.5) is 4.79 Å². The number of carbonyl (C=O) groups excluding carboxylic acids is 1. The van der Waals surface area contributed by atoms with Gasteiger partial charge in [0.25, 0.3) is 0 Å². The molecule has 28 heavy (non-hydrogen) atoms. The lowest BCUT2D eigenvalue weighted by atomic mass is 9.73. The molecule has 2 aromatic heterocycles. The molecule has 1 spiro atoms. The van der Waals surface area contributed by atoms with Gasteiger partial charge in [0.2, 0.25) is 5.43 Å². The molecule has 1 aliphatic heterocycles. The lowest BCUT2D eigenvalue weighted by molar-refractivity contribution is 0.0162. The fourth-order valence-electron chi connectivity index (χ4n) is 4.63. The number of nitrogens with zero attached hydrogens (tertiary/aromatic N) is 3. The highest BCUT2D eigenvalue weighted by atomic mass is 79.9. The van der Waals surface area contributed by atoms with Gasteiger partial charge in [-0.05, 0) is 61.9 Å². The summed E-state index contributed by atoms with van der Waals surface area (Å²) in [6, 6.07) is 0. The van der Waals surface area contributed by atoms with Crippen LogP contribution >= 0.6 is 15.9 Å². The number of aromatic nitrogens is 3. The van der Waals surface area contributed by atoms with Gasteiger partial charge in [-0.25, -0.2) is 14.8 Å². The zero-order valence-corrected chi connectivity index (χ0v) is 18.2. The van der Waals surface area contributed by atoms with Crippen molar-refractivity contribution < 1.29 is 9.53 Å². The zero-order chi connectivity index (χ0) is 20.3. The zero-order valence-electron chi connectivity index (χ0n) is 16.6. The number of likely N-dealkylation sites (tertiary alicyclic amines) is 1. The van der Waals surface area contributed by atoms with E-state index in [2.05, 4.69) is 37.8 Å². The number of hydrogen-bond acceptors (Lipinski definition) is 5. The molecule has 0 bridgehead atoms. The van der Waals surface area contributed by atoms with E-state index in [1.807, 2.05) is 20.8 Å². The van der Waals surface area contributed by atoms with E-state index in [1.165, 1.54) is 0 Å². The van der Waals surface area contributed by atoms with Crippen LogP contribution in [0, 0.1) is 0 Å². The molecule has 1 N–H and O–H groups in total. The van der Waals surface area contributed by atoms with Gasteiger partial charge in [-0.15, -0.1) is 0 Å². The largest absolute Gasteiger partial charge is 0.444 e. The number of halogens is 1. The number of amides is 1. The summed E-state index contributed by atoms with van der Waals surface area (Å²) < 4.78 is 6.06. The number of nitrogens with one attached hydrogen (secondary N) is 1. The molecule has 1 saturated heterocycles. The van der Waals surface area contributed by atoms with E-state index in [1.54, 1.807) is 11.1 Å². The van der Waals surface area contributed by atoms with E-state index in [4.69, 9.17) is 4.74 Å². The van der Waals surface area contributed by atoms with Crippen molar-refractivity contribution >= 4 is 33.2 Å². The molecule has 1 atom stereocenters. The summed E-state index contributed by atoms with van der Waals surface area (Å²) in [5.74, 6) is 0.241. The molecule has 1 aliphatic carbocycles. The Balaban J connectivity index is 1.67. The van der Waals surface area contributed by atoms with Gasteiger partial charge >= 0.3 is 6.09 Å². The van der Waals surface area contributed by atoms with Crippen molar-refractivity contribution in [1.82, 2.24) is 19.9 Å². The van der Waals surface area contributed by atoms with E-state index >= 15 is 0 Å². The van der Waals surface area contributed by atoms with E-state index in [9.17, 15) is 9.59 Å². The Kier molecular flexibility index (Phi) is 4.52. The van der Waals surface area contributed by atoms with Crippen LogP contribution in [-0.2, 0) is 10.2 Å². The second kappa shape index (κ2) is 6.54. The van der Waals surface area contributed by atoms with Gasteiger partial charge in [-0.2, -0.15) is 0 Å². The highest BCUT2D eigenvalue weighted by Gasteiger charge is 2.47. The maximum absolute atomic E-state index is 13.3. The fourth-order valence-corrected chi connectivity index (χ4v) is 4.91. The number of H-pyrrole nitrogens is 1. The van der Waals surface area contributed by atoms with Crippen molar-refractivity contribution in [3.05, 3.63) is 32.3 Å². The molecular weight excluding hydrogens is 424 g/mol. The number of pyridine rings is 1. The molecule has 0 radical (unpaired) electrons. The topological polar surface area (TPSA) is 88.2 Å². The normalized spacial score (nSPS) is 21.2. The molecule has 2 aromatic rings. The smallest absolute Gasteiger partial charge is 0.410 e. The van der Waals surface area contributed by atoms with Crippen LogP contribution in [0.5, 0.6) is 0 Å². The molecule has 1 unspecified atom stereocenters. The molecule has 150 valence electrons. The predicted octanol–water partition coefficient (Wildman–Crippen LogP) is 3.86. The summed E-state index contributed by atoms with van der Waals surface area (Å²) in [7, 11) is 0. The van der Waals surface area contributed by atoms with E-state index < -0.39 is 5.60 Å². The average molecular weight is 449 g/mol. The number of fused-ring (bicyclic) bond motifs is 3. The first kappa shape index (κ1) is 19.4. The predicted molar refractivity (Wildman–Crippen MR) is 110 cm³/mol. The summed E-state index contributed by atoms with van der Waals surface area (Å²) in [5, 5.41) is 0. The van der Waals surface area contributed by atoms with Crippen molar-refractivity contribution in [2.24, 2.45) is 0 Å². The second-order valence-corrected chi connectivity index (χ2v) is 9.80. The summed E-state index contributed by atoms with van der Waals surface area (Å²) in [6.07, 6.45) is 3.71. The van der Waals surface area contributed by atoms with E-state index in [0.717, 1.165) is 30.5 Å². The lowest BCUT2D eigenvalue weighted by Gasteiger charge is -2.40. The Morgan fingerprint density at radius 1 is 1.36 bits per heavy atom. The number of piperidine rings is 1. The Hall–Kier alpha value is -1.96. The summed E-state index contributed by atoms with van der Waals surface area (Å²) in [4.78, 5) is 39.6. The van der Waals surface area contributed by atoms with Gasteiger partial charge in [0, 0.05) is 29.8 Å². The number of hydrogen-bond donors (Lipinski definition) is 1. The van der Waals surface area contributed by atoms with Crippen LogP contribution in [0.1, 0.15) is 64.1 Å². The van der Waals surface area contributed by atoms with Gasteiger partial charge in [-0.1, -0.05) is 6.92 Å². The van der Waals surface area contributed by atoms with Gasteiger partial charge < -0.3 is 14.6 Å². The third-order valence-electron chi connectivity index (χ3n) is 5.80. The molecule has 0 aromatic carbocycles. The summed E-state index contributed by atoms with van der Waals surface area (Å²) >= 11 is 3.31. The van der Waals surface area contributed by atoms with Crippen molar-refractivity contribution in [1.29, 1.82) is 0 Å². The minimum absolute atomic E-state index is 0.0346. The van der Waals surface area contributed by atoms with Crippen molar-refractivity contribution in [3.8, 4) is 0 Å². The van der Waals surface area contributed by atoms with Crippen LogP contribution < -0.4 is 5.43 Å². The molecule has 1 amide bonds. The first-order valence-corrected chi connectivity index (χ1v) is 10.5. The Morgan fingerprint density at radius 3 is 2.68 bits per heavy atom. The molecule has 0 saturated carbocycles. The minimum Gasteiger partial charge on any atom is -0.444 e. The molecule has 1 fully saturated rings. The SMILES string of the molecule is CC1CC2(CCN(C(=O)OC(C)(C)C)CC2)c2c1[nH]c1ncc(Br)nc1c2=O. The third kappa shape index (κ3) is 3.21. The average Bonchev–Trinajstić information content (AvgIpc) is 2.86. The first-order valence-electron chi connectivity index (χ1n) is 9.66. The van der Waals surface area contributed by atoms with Crippen LogP contribution in [0.15, 0.2) is 15.6 Å². The number of ether oxygens (including phenoxy) is 1. The highest BCUT2D eigenvalue weighted by molar-refractivity contribution is 9.10. The van der Waals surface area contributed by atoms with Crippen LogP contribution in [-0.4, -0.2) is 44.6 Å². The van der Waals surface area contributed by atoms with Crippen LogP contribution in [0.3, 0.4) is 0 Å². The van der Waals surface area contributed by atoms with Crippen LogP contribution in [0.2, 0.25) is 0 Å². The quantitative estimate of drug-likeness (QED) is 0.660. The third-order valence-corrected chi connectivity index (χ3v) is 6.18. The number of aromatic amines is 1. The summed E-state index contributed by atoms with van der Waals surface area (Å²) in [5.41, 5.74) is 1.94. The van der Waals surface area contributed by atoms with Crippen molar-refractivity contribution in [3.63, 3.8) is 0 Å². The summed E-state index contributed by atoms with van der Waals surface area (Å²) in [6.45, 7) is 8.92. The maximum Gasteiger partial charge on any atom is 0.410 e. The molecule has 2 aliphatic rings. The molecule has 8 heteroatoms. The lowest BCUT2D eigenvalue weighted by Crippen LogP contribution is -2.47. The van der Waals surface area contributed by atoms with E-state index in [0.29, 0.717) is 28.9 Å². The van der Waals surface area contributed by atoms with Crippen molar-refractivity contribution in [2.45, 2.75) is 63.9 Å². The highest BCUT2D eigenvalue weighted by Crippen LogP contribution is 2.49. The standard InChI is InChI=1S/C20H25BrN4O3/c1-11-9-20(5-7-25(8-6-20)18(27)28-19(2,3)4)13-14(11)24-17-15(16(13)26)23-12(21)10-22-17/h10-11H,5-9H2,1-4H3,(H,22,24,26). The molecule has 3 heterocycles. The van der Waals surface area contributed by atoms with Gasteiger partial charge in [0.05, 0.1) is 6.20 Å². The minimum atomic E-state index is -0.511. The van der Waals surface area contributed by atoms with Crippen molar-refractivity contribution in [2.75, 3.05) is 13.1 Å².